The van der Waals surface area contributed by atoms with Crippen molar-refractivity contribution in [1.29, 1.82) is 0 Å². The number of rotatable bonds is 4. The number of nitrogens with one attached hydrogen (secondary N) is 1. The zero-order valence-electron chi connectivity index (χ0n) is 11.3. The van der Waals surface area contributed by atoms with E-state index in [9.17, 15) is 4.79 Å². The predicted molar refractivity (Wildman–Crippen MR) is 91.0 cm³/mol. The second kappa shape index (κ2) is 7.23. The van der Waals surface area contributed by atoms with E-state index in [1.807, 2.05) is 18.2 Å². The number of halogens is 3. The van der Waals surface area contributed by atoms with Gasteiger partial charge in [0.15, 0.2) is 0 Å². The first-order chi connectivity index (χ1) is 8.67. The van der Waals surface area contributed by atoms with Gasteiger partial charge < -0.3 is 5.32 Å². The molecule has 0 spiro atoms. The van der Waals surface area contributed by atoms with Crippen LogP contribution in [-0.2, 0) is 0 Å². The molecule has 2 nitrogen and oxygen atoms in total. The molecule has 0 saturated carbocycles. The third-order valence-electron chi connectivity index (χ3n) is 2.44. The van der Waals surface area contributed by atoms with Crippen LogP contribution in [0.4, 0.5) is 0 Å². The molecule has 1 rings (SSSR count). The standard InChI is InChI=1S/C14H18Br3NO/c1-14(2,3)7-12(17)8-18-13(19)9-4-10(15)6-11(16)5-9/h4-6,12H,7-8H2,1-3H3,(H,18,19). The minimum atomic E-state index is -0.0552. The van der Waals surface area contributed by atoms with Gasteiger partial charge in [-0.05, 0) is 30.0 Å². The monoisotopic (exact) mass is 453 g/mol. The third kappa shape index (κ3) is 6.91. The zero-order chi connectivity index (χ0) is 14.6. The van der Waals surface area contributed by atoms with Gasteiger partial charge in [-0.3, -0.25) is 4.79 Å². The molecule has 0 aliphatic carbocycles. The number of amides is 1. The fourth-order valence-electron chi connectivity index (χ4n) is 1.73. The largest absolute Gasteiger partial charge is 0.351 e. The highest BCUT2D eigenvalue weighted by Crippen LogP contribution is 2.24. The predicted octanol–water partition coefficient (Wildman–Crippen LogP) is 5.14. The van der Waals surface area contributed by atoms with Crippen LogP contribution in [0.3, 0.4) is 0 Å². The highest BCUT2D eigenvalue weighted by Gasteiger charge is 2.17. The maximum absolute atomic E-state index is 12.0. The second-order valence-corrected chi connectivity index (χ2v) is 8.86. The molecule has 106 valence electrons. The smallest absolute Gasteiger partial charge is 0.251 e. The minimum Gasteiger partial charge on any atom is -0.351 e. The van der Waals surface area contributed by atoms with Gasteiger partial charge >= 0.3 is 0 Å². The van der Waals surface area contributed by atoms with Crippen LogP contribution >= 0.6 is 47.8 Å². The number of alkyl halides is 1. The Bertz CT molecular complexity index is 434. The van der Waals surface area contributed by atoms with E-state index in [4.69, 9.17) is 0 Å². The molecule has 1 unspecified atom stereocenters. The van der Waals surface area contributed by atoms with Crippen molar-refractivity contribution >= 4 is 53.7 Å². The Kier molecular flexibility index (Phi) is 6.54. The van der Waals surface area contributed by atoms with Crippen LogP contribution in [0.5, 0.6) is 0 Å². The van der Waals surface area contributed by atoms with Crippen molar-refractivity contribution in [3.05, 3.63) is 32.7 Å². The summed E-state index contributed by atoms with van der Waals surface area (Å²) < 4.78 is 1.77. The van der Waals surface area contributed by atoms with E-state index >= 15 is 0 Å². The first kappa shape index (κ1) is 17.2. The van der Waals surface area contributed by atoms with Gasteiger partial charge in [-0.25, -0.2) is 0 Å². The van der Waals surface area contributed by atoms with Gasteiger partial charge in [0, 0.05) is 25.9 Å². The van der Waals surface area contributed by atoms with E-state index in [1.54, 1.807) is 0 Å². The van der Waals surface area contributed by atoms with Gasteiger partial charge in [0.05, 0.1) is 0 Å². The number of benzene rings is 1. The van der Waals surface area contributed by atoms with E-state index in [0.717, 1.165) is 15.4 Å². The summed E-state index contributed by atoms with van der Waals surface area (Å²) in [6.45, 7) is 7.19. The normalized spacial score (nSPS) is 13.2. The fourth-order valence-corrected chi connectivity index (χ4v) is 4.15. The molecule has 0 radical (unpaired) electrons. The molecular weight excluding hydrogens is 438 g/mol. The molecule has 0 bridgehead atoms. The Morgan fingerprint density at radius 3 is 2.21 bits per heavy atom. The molecule has 1 atom stereocenters. The second-order valence-electron chi connectivity index (χ2n) is 5.73. The maximum Gasteiger partial charge on any atom is 0.251 e. The first-order valence-electron chi connectivity index (χ1n) is 6.06. The van der Waals surface area contributed by atoms with Crippen LogP contribution in [0.25, 0.3) is 0 Å². The summed E-state index contributed by atoms with van der Waals surface area (Å²) in [5.41, 5.74) is 0.897. The van der Waals surface area contributed by atoms with Crippen molar-refractivity contribution < 1.29 is 4.79 Å². The molecule has 0 aromatic heterocycles. The first-order valence-corrected chi connectivity index (χ1v) is 8.56. The number of hydrogen-bond donors (Lipinski definition) is 1. The molecule has 19 heavy (non-hydrogen) atoms. The van der Waals surface area contributed by atoms with Crippen LogP contribution in [-0.4, -0.2) is 17.3 Å². The molecule has 5 heteroatoms. The summed E-state index contributed by atoms with van der Waals surface area (Å²) in [6.07, 6.45) is 1.01. The number of carbonyl (C=O) groups is 1. The summed E-state index contributed by atoms with van der Waals surface area (Å²) >= 11 is 10.4. The van der Waals surface area contributed by atoms with Gasteiger partial charge in [-0.2, -0.15) is 0 Å². The molecule has 0 aliphatic heterocycles. The van der Waals surface area contributed by atoms with E-state index in [-0.39, 0.29) is 16.1 Å². The average molecular weight is 456 g/mol. The van der Waals surface area contributed by atoms with Crippen molar-refractivity contribution in [1.82, 2.24) is 5.32 Å². The molecular formula is C14H18Br3NO. The van der Waals surface area contributed by atoms with Crippen LogP contribution in [0.15, 0.2) is 27.1 Å². The van der Waals surface area contributed by atoms with Gasteiger partial charge in [-0.1, -0.05) is 68.6 Å². The summed E-state index contributed by atoms with van der Waals surface area (Å²) in [5.74, 6) is -0.0552. The number of carbonyl (C=O) groups excluding carboxylic acids is 1. The van der Waals surface area contributed by atoms with Crippen molar-refractivity contribution in [2.75, 3.05) is 6.54 Å². The Labute approximate surface area is 140 Å². The SMILES string of the molecule is CC(C)(C)CC(Br)CNC(=O)c1cc(Br)cc(Br)c1. The lowest BCUT2D eigenvalue weighted by molar-refractivity contribution is 0.0952. The average Bonchev–Trinajstić information content (AvgIpc) is 2.22. The molecule has 1 aromatic carbocycles. The summed E-state index contributed by atoms with van der Waals surface area (Å²) in [7, 11) is 0. The fraction of sp³-hybridized carbons (Fsp3) is 0.500. The highest BCUT2D eigenvalue weighted by atomic mass is 79.9. The lowest BCUT2D eigenvalue weighted by atomic mass is 9.90. The molecule has 0 fully saturated rings. The van der Waals surface area contributed by atoms with E-state index < -0.39 is 0 Å². The molecule has 1 N–H and O–H groups in total. The van der Waals surface area contributed by atoms with E-state index in [2.05, 4.69) is 73.9 Å². The quantitative estimate of drug-likeness (QED) is 0.625. The van der Waals surface area contributed by atoms with Gasteiger partial charge in [0.25, 0.3) is 5.91 Å². The Morgan fingerprint density at radius 1 is 1.21 bits per heavy atom. The van der Waals surface area contributed by atoms with E-state index in [1.165, 1.54) is 0 Å². The Hall–Kier alpha value is 0.130. The molecule has 1 aromatic rings. The molecule has 0 heterocycles. The van der Waals surface area contributed by atoms with Gasteiger partial charge in [-0.15, -0.1) is 0 Å². The summed E-state index contributed by atoms with van der Waals surface area (Å²) in [4.78, 5) is 12.3. The molecule has 0 aliphatic rings. The lowest BCUT2D eigenvalue weighted by Crippen LogP contribution is -2.31. The van der Waals surface area contributed by atoms with Crippen LogP contribution < -0.4 is 5.32 Å². The van der Waals surface area contributed by atoms with Crippen molar-refractivity contribution in [2.45, 2.75) is 32.0 Å². The number of hydrogen-bond acceptors (Lipinski definition) is 1. The highest BCUT2D eigenvalue weighted by molar-refractivity contribution is 9.11. The van der Waals surface area contributed by atoms with Gasteiger partial charge in [0.1, 0.15) is 0 Å². The zero-order valence-corrected chi connectivity index (χ0v) is 16.0. The van der Waals surface area contributed by atoms with Crippen molar-refractivity contribution in [3.63, 3.8) is 0 Å². The molecule has 0 saturated heterocycles. The lowest BCUT2D eigenvalue weighted by Gasteiger charge is -2.22. The van der Waals surface area contributed by atoms with Crippen LogP contribution in [0.2, 0.25) is 0 Å². The van der Waals surface area contributed by atoms with Crippen LogP contribution in [0, 0.1) is 5.41 Å². The van der Waals surface area contributed by atoms with Crippen molar-refractivity contribution in [3.8, 4) is 0 Å². The summed E-state index contributed by atoms with van der Waals surface area (Å²) in [5, 5.41) is 2.95. The Balaban J connectivity index is 2.56. The van der Waals surface area contributed by atoms with Gasteiger partial charge in [0.2, 0.25) is 0 Å². The van der Waals surface area contributed by atoms with Crippen LogP contribution in [0.1, 0.15) is 37.6 Å². The Morgan fingerprint density at radius 2 is 1.74 bits per heavy atom. The molecule has 1 amide bonds. The van der Waals surface area contributed by atoms with Crippen molar-refractivity contribution in [2.24, 2.45) is 5.41 Å². The minimum absolute atomic E-state index is 0.0552. The van der Waals surface area contributed by atoms with E-state index in [0.29, 0.717) is 12.1 Å². The maximum atomic E-state index is 12.0. The summed E-state index contributed by atoms with van der Waals surface area (Å²) in [6, 6.07) is 5.53. The topological polar surface area (TPSA) is 29.1 Å². The third-order valence-corrected chi connectivity index (χ3v) is 4.01.